The zero-order chi connectivity index (χ0) is 20.9. The molecule has 3 aliphatic carbocycles. The van der Waals surface area contributed by atoms with Gasteiger partial charge in [-0.2, -0.15) is 0 Å². The predicted molar refractivity (Wildman–Crippen MR) is 123 cm³/mol. The first-order valence-corrected chi connectivity index (χ1v) is 13.0. The second-order valence-electron chi connectivity index (χ2n) is 10.9. The minimum atomic E-state index is -0.0532. The van der Waals surface area contributed by atoms with Crippen LogP contribution in [0, 0.1) is 35.4 Å². The molecule has 0 spiro atoms. The van der Waals surface area contributed by atoms with Crippen molar-refractivity contribution in [2.75, 3.05) is 6.61 Å². The van der Waals surface area contributed by atoms with Crippen LogP contribution in [0.4, 0.5) is 4.39 Å². The van der Waals surface area contributed by atoms with Crippen molar-refractivity contribution < 1.29 is 9.13 Å². The molecule has 4 rings (SSSR count). The largest absolute Gasteiger partial charge is 0.494 e. The van der Waals surface area contributed by atoms with E-state index in [0.29, 0.717) is 18.3 Å². The average molecular weight is 415 g/mol. The summed E-state index contributed by atoms with van der Waals surface area (Å²) in [5.41, 5.74) is 0.936. The van der Waals surface area contributed by atoms with Gasteiger partial charge in [0.25, 0.3) is 0 Å². The fourth-order valence-corrected chi connectivity index (χ4v) is 6.77. The summed E-state index contributed by atoms with van der Waals surface area (Å²) in [6.07, 6.45) is 17.7. The molecule has 1 aromatic carbocycles. The van der Waals surface area contributed by atoms with Gasteiger partial charge >= 0.3 is 0 Å². The smallest absolute Gasteiger partial charge is 0.130 e. The van der Waals surface area contributed by atoms with Gasteiger partial charge in [-0.3, -0.25) is 0 Å². The maximum Gasteiger partial charge on any atom is 0.130 e. The highest BCUT2D eigenvalue weighted by Crippen LogP contribution is 2.49. The molecular formula is C28H43FO. The molecule has 2 heteroatoms. The van der Waals surface area contributed by atoms with Crippen molar-refractivity contribution in [3.8, 4) is 5.75 Å². The van der Waals surface area contributed by atoms with Crippen LogP contribution in [0.3, 0.4) is 0 Å². The standard InChI is InChI=1S/C28H43FO/c1-3-16-30-26-14-15-27(28(29)19-26)25-13-12-23-17-22(10-11-24(23)18-25)9-8-21-6-4-20(2)5-7-21/h14-15,19-25H,3-13,16-18H2,1-2H3. The molecule has 4 atom stereocenters. The van der Waals surface area contributed by atoms with E-state index in [1.54, 1.807) is 6.07 Å². The average Bonchev–Trinajstić information content (AvgIpc) is 2.77. The Bertz CT molecular complexity index is 663. The Balaban J connectivity index is 1.25. The molecule has 0 bridgehead atoms. The third-order valence-electron chi connectivity index (χ3n) is 8.72. The molecule has 0 amide bonds. The van der Waals surface area contributed by atoms with E-state index in [2.05, 4.69) is 13.8 Å². The van der Waals surface area contributed by atoms with Gasteiger partial charge in [-0.05, 0) is 85.7 Å². The third-order valence-corrected chi connectivity index (χ3v) is 8.72. The molecule has 0 radical (unpaired) electrons. The lowest BCUT2D eigenvalue weighted by Gasteiger charge is -2.43. The van der Waals surface area contributed by atoms with Gasteiger partial charge in [0.1, 0.15) is 11.6 Å². The Morgan fingerprint density at radius 1 is 0.867 bits per heavy atom. The van der Waals surface area contributed by atoms with Crippen LogP contribution in [-0.2, 0) is 0 Å². The van der Waals surface area contributed by atoms with E-state index in [9.17, 15) is 4.39 Å². The highest BCUT2D eigenvalue weighted by atomic mass is 19.1. The van der Waals surface area contributed by atoms with Crippen LogP contribution >= 0.6 is 0 Å². The van der Waals surface area contributed by atoms with Crippen molar-refractivity contribution in [1.29, 1.82) is 0 Å². The van der Waals surface area contributed by atoms with Gasteiger partial charge in [-0.15, -0.1) is 0 Å². The van der Waals surface area contributed by atoms with E-state index in [1.807, 2.05) is 12.1 Å². The Labute approximate surface area is 184 Å². The van der Waals surface area contributed by atoms with Crippen LogP contribution in [0.15, 0.2) is 18.2 Å². The van der Waals surface area contributed by atoms with Crippen molar-refractivity contribution in [2.45, 2.75) is 103 Å². The Hall–Kier alpha value is -1.05. The molecule has 3 fully saturated rings. The summed E-state index contributed by atoms with van der Waals surface area (Å²) in [7, 11) is 0. The summed E-state index contributed by atoms with van der Waals surface area (Å²) >= 11 is 0. The monoisotopic (exact) mass is 414 g/mol. The second kappa shape index (κ2) is 10.5. The number of fused-ring (bicyclic) bond motifs is 1. The van der Waals surface area contributed by atoms with Gasteiger partial charge in [-0.25, -0.2) is 4.39 Å². The van der Waals surface area contributed by atoms with Gasteiger partial charge in [0.15, 0.2) is 0 Å². The Morgan fingerprint density at radius 3 is 2.33 bits per heavy atom. The van der Waals surface area contributed by atoms with Crippen molar-refractivity contribution in [2.24, 2.45) is 29.6 Å². The number of hydrogen-bond acceptors (Lipinski definition) is 1. The lowest BCUT2D eigenvalue weighted by Crippen LogP contribution is -2.31. The molecular weight excluding hydrogens is 371 g/mol. The highest BCUT2D eigenvalue weighted by molar-refractivity contribution is 5.31. The molecule has 30 heavy (non-hydrogen) atoms. The quantitative estimate of drug-likeness (QED) is 0.434. The summed E-state index contributed by atoms with van der Waals surface area (Å²) in [5.74, 6) is 5.72. The first-order valence-electron chi connectivity index (χ1n) is 13.0. The lowest BCUT2D eigenvalue weighted by molar-refractivity contribution is 0.108. The van der Waals surface area contributed by atoms with E-state index in [1.165, 1.54) is 77.0 Å². The van der Waals surface area contributed by atoms with Crippen molar-refractivity contribution in [3.05, 3.63) is 29.6 Å². The lowest BCUT2D eigenvalue weighted by atomic mass is 9.63. The summed E-state index contributed by atoms with van der Waals surface area (Å²) in [6, 6.07) is 5.59. The van der Waals surface area contributed by atoms with Crippen LogP contribution in [0.1, 0.15) is 109 Å². The van der Waals surface area contributed by atoms with Crippen molar-refractivity contribution in [3.63, 3.8) is 0 Å². The Kier molecular flexibility index (Phi) is 7.76. The van der Waals surface area contributed by atoms with Crippen LogP contribution in [0.5, 0.6) is 5.75 Å². The number of halogens is 1. The van der Waals surface area contributed by atoms with E-state index in [-0.39, 0.29) is 5.82 Å². The van der Waals surface area contributed by atoms with Gasteiger partial charge in [-0.1, -0.05) is 64.9 Å². The second-order valence-corrected chi connectivity index (χ2v) is 10.9. The van der Waals surface area contributed by atoms with Crippen LogP contribution in [0.25, 0.3) is 0 Å². The molecule has 1 nitrogen and oxygen atoms in total. The molecule has 3 saturated carbocycles. The molecule has 0 aromatic heterocycles. The minimum absolute atomic E-state index is 0.0532. The van der Waals surface area contributed by atoms with Crippen molar-refractivity contribution >= 4 is 0 Å². The zero-order valence-corrected chi connectivity index (χ0v) is 19.4. The first-order chi connectivity index (χ1) is 14.6. The molecule has 168 valence electrons. The molecule has 0 heterocycles. The van der Waals surface area contributed by atoms with Crippen LogP contribution in [-0.4, -0.2) is 6.61 Å². The molecule has 0 N–H and O–H groups in total. The fraction of sp³-hybridized carbons (Fsp3) is 0.786. The number of benzene rings is 1. The summed E-state index contributed by atoms with van der Waals surface area (Å²) in [4.78, 5) is 0. The number of hydrogen-bond donors (Lipinski definition) is 0. The molecule has 0 saturated heterocycles. The normalized spacial score (nSPS) is 34.4. The SMILES string of the molecule is CCCOc1ccc(C2CCC3CC(CCC4CCC(C)CC4)CCC3C2)c(F)c1. The summed E-state index contributed by atoms with van der Waals surface area (Å²) in [6.45, 7) is 5.16. The Morgan fingerprint density at radius 2 is 1.57 bits per heavy atom. The highest BCUT2D eigenvalue weighted by Gasteiger charge is 2.36. The summed E-state index contributed by atoms with van der Waals surface area (Å²) < 4.78 is 20.4. The molecule has 4 unspecified atom stereocenters. The molecule has 0 aliphatic heterocycles. The van der Waals surface area contributed by atoms with E-state index in [4.69, 9.17) is 4.74 Å². The van der Waals surface area contributed by atoms with Crippen molar-refractivity contribution in [1.82, 2.24) is 0 Å². The van der Waals surface area contributed by atoms with Crippen LogP contribution in [0.2, 0.25) is 0 Å². The fourth-order valence-electron chi connectivity index (χ4n) is 6.77. The topological polar surface area (TPSA) is 9.23 Å². The van der Waals surface area contributed by atoms with E-state index in [0.717, 1.165) is 41.6 Å². The van der Waals surface area contributed by atoms with Gasteiger partial charge in [0, 0.05) is 6.07 Å². The molecule has 1 aromatic rings. The van der Waals surface area contributed by atoms with E-state index < -0.39 is 0 Å². The summed E-state index contributed by atoms with van der Waals surface area (Å²) in [5, 5.41) is 0. The molecule has 3 aliphatic rings. The predicted octanol–water partition coefficient (Wildman–Crippen LogP) is 8.52. The third kappa shape index (κ3) is 5.60. The number of rotatable bonds is 7. The van der Waals surface area contributed by atoms with Crippen LogP contribution < -0.4 is 4.74 Å². The maximum absolute atomic E-state index is 14.8. The van der Waals surface area contributed by atoms with Gasteiger partial charge in [0.05, 0.1) is 6.61 Å². The maximum atomic E-state index is 14.8. The van der Waals surface area contributed by atoms with Gasteiger partial charge < -0.3 is 4.74 Å². The van der Waals surface area contributed by atoms with E-state index >= 15 is 0 Å². The number of ether oxygens (including phenoxy) is 1. The van der Waals surface area contributed by atoms with Gasteiger partial charge in [0.2, 0.25) is 0 Å². The minimum Gasteiger partial charge on any atom is -0.494 e. The first kappa shape index (κ1) is 22.2. The zero-order valence-electron chi connectivity index (χ0n) is 19.4.